The van der Waals surface area contributed by atoms with E-state index in [1.165, 1.54) is 12.1 Å². The Bertz CT molecular complexity index is 467. The summed E-state index contributed by atoms with van der Waals surface area (Å²) < 4.78 is 13.3. The highest BCUT2D eigenvalue weighted by molar-refractivity contribution is 5.63. The molecule has 2 atom stereocenters. The molecule has 1 aliphatic heterocycles. The van der Waals surface area contributed by atoms with Crippen molar-refractivity contribution >= 4 is 11.4 Å². The smallest absolute Gasteiger partial charge is 0.292 e. The summed E-state index contributed by atoms with van der Waals surface area (Å²) in [5, 5.41) is 10.9. The van der Waals surface area contributed by atoms with Crippen molar-refractivity contribution in [2.24, 2.45) is 11.7 Å². The van der Waals surface area contributed by atoms with Gasteiger partial charge in [0.15, 0.2) is 0 Å². The third-order valence-electron chi connectivity index (χ3n) is 3.49. The maximum absolute atomic E-state index is 13.3. The van der Waals surface area contributed by atoms with Gasteiger partial charge in [-0.15, -0.1) is 0 Å². The molecule has 2 rings (SSSR count). The summed E-state index contributed by atoms with van der Waals surface area (Å²) in [7, 11) is 0. The average Bonchev–Trinajstić information content (AvgIpc) is 2.32. The normalized spacial score (nSPS) is 24.1. The van der Waals surface area contributed by atoms with E-state index < -0.39 is 10.7 Å². The Kier molecular flexibility index (Phi) is 3.47. The molecule has 5 nitrogen and oxygen atoms in total. The minimum atomic E-state index is -0.488. The first-order chi connectivity index (χ1) is 8.49. The van der Waals surface area contributed by atoms with Crippen molar-refractivity contribution in [2.75, 3.05) is 18.0 Å². The average molecular weight is 253 g/mol. The summed E-state index contributed by atoms with van der Waals surface area (Å²) in [6, 6.07) is 3.48. The fourth-order valence-electron chi connectivity index (χ4n) is 2.22. The van der Waals surface area contributed by atoms with E-state index in [4.69, 9.17) is 5.73 Å². The molecule has 2 unspecified atom stereocenters. The Morgan fingerprint density at radius 3 is 2.89 bits per heavy atom. The molecule has 0 aromatic heterocycles. The van der Waals surface area contributed by atoms with Crippen LogP contribution in [0.5, 0.6) is 0 Å². The largest absolute Gasteiger partial charge is 0.364 e. The van der Waals surface area contributed by atoms with Gasteiger partial charge in [0.05, 0.1) is 4.92 Å². The number of hydrogen-bond donors (Lipinski definition) is 1. The van der Waals surface area contributed by atoms with Crippen LogP contribution in [0.3, 0.4) is 0 Å². The van der Waals surface area contributed by atoms with E-state index in [0.29, 0.717) is 24.7 Å². The van der Waals surface area contributed by atoms with Crippen LogP contribution in [0.25, 0.3) is 0 Å². The van der Waals surface area contributed by atoms with E-state index >= 15 is 0 Å². The van der Waals surface area contributed by atoms with Crippen molar-refractivity contribution < 1.29 is 9.31 Å². The van der Waals surface area contributed by atoms with Gasteiger partial charge in [0.1, 0.15) is 11.5 Å². The second-order valence-corrected chi connectivity index (χ2v) is 4.77. The van der Waals surface area contributed by atoms with Crippen LogP contribution in [0.4, 0.5) is 15.8 Å². The van der Waals surface area contributed by atoms with Crippen molar-refractivity contribution in [1.29, 1.82) is 0 Å². The van der Waals surface area contributed by atoms with Crippen LogP contribution in [-0.4, -0.2) is 24.1 Å². The fourth-order valence-corrected chi connectivity index (χ4v) is 2.22. The summed E-state index contributed by atoms with van der Waals surface area (Å²) in [4.78, 5) is 12.3. The summed E-state index contributed by atoms with van der Waals surface area (Å²) in [5.74, 6) is -0.0864. The molecule has 0 aliphatic carbocycles. The Morgan fingerprint density at radius 2 is 2.28 bits per heavy atom. The highest BCUT2D eigenvalue weighted by Crippen LogP contribution is 2.31. The van der Waals surface area contributed by atoms with Gasteiger partial charge in [-0.3, -0.25) is 10.1 Å². The first-order valence-electron chi connectivity index (χ1n) is 5.93. The maximum atomic E-state index is 13.3. The lowest BCUT2D eigenvalue weighted by molar-refractivity contribution is -0.384. The number of rotatable bonds is 2. The summed E-state index contributed by atoms with van der Waals surface area (Å²) in [6.45, 7) is 3.24. The van der Waals surface area contributed by atoms with E-state index in [9.17, 15) is 14.5 Å². The molecular formula is C12H16FN3O2. The van der Waals surface area contributed by atoms with Gasteiger partial charge in [0.2, 0.25) is 0 Å². The van der Waals surface area contributed by atoms with E-state index in [0.717, 1.165) is 12.5 Å². The van der Waals surface area contributed by atoms with Gasteiger partial charge in [-0.1, -0.05) is 6.92 Å². The molecule has 1 heterocycles. The second-order valence-electron chi connectivity index (χ2n) is 4.77. The topological polar surface area (TPSA) is 72.4 Å². The summed E-state index contributed by atoms with van der Waals surface area (Å²) in [5.41, 5.74) is 6.22. The number of nitrogens with zero attached hydrogens (tertiary/aromatic N) is 2. The van der Waals surface area contributed by atoms with Crippen LogP contribution < -0.4 is 10.6 Å². The van der Waals surface area contributed by atoms with Gasteiger partial charge in [-0.25, -0.2) is 4.39 Å². The number of nitro benzene ring substituents is 1. The number of piperidine rings is 1. The Balaban J connectivity index is 2.32. The SMILES string of the molecule is CC1CCN(c2cc(F)ccc2[N+](=O)[O-])CC1N. The lowest BCUT2D eigenvalue weighted by atomic mass is 9.94. The van der Waals surface area contributed by atoms with Crippen molar-refractivity contribution in [3.8, 4) is 0 Å². The monoisotopic (exact) mass is 253 g/mol. The van der Waals surface area contributed by atoms with Gasteiger partial charge < -0.3 is 10.6 Å². The molecule has 0 saturated carbocycles. The van der Waals surface area contributed by atoms with E-state index in [-0.39, 0.29) is 11.7 Å². The zero-order chi connectivity index (χ0) is 13.3. The second kappa shape index (κ2) is 4.89. The molecule has 0 amide bonds. The molecule has 0 spiro atoms. The summed E-state index contributed by atoms with van der Waals surface area (Å²) in [6.07, 6.45) is 0.856. The van der Waals surface area contributed by atoms with Crippen LogP contribution in [0.1, 0.15) is 13.3 Å². The third kappa shape index (κ3) is 2.43. The van der Waals surface area contributed by atoms with Gasteiger partial charge in [-0.05, 0) is 18.4 Å². The Labute approximate surface area is 105 Å². The van der Waals surface area contributed by atoms with Crippen LogP contribution in [-0.2, 0) is 0 Å². The first-order valence-corrected chi connectivity index (χ1v) is 5.93. The lowest BCUT2D eigenvalue weighted by Gasteiger charge is -2.36. The Morgan fingerprint density at radius 1 is 1.56 bits per heavy atom. The number of nitrogens with two attached hydrogens (primary N) is 1. The van der Waals surface area contributed by atoms with Crippen molar-refractivity contribution in [1.82, 2.24) is 0 Å². The quantitative estimate of drug-likeness (QED) is 0.645. The Hall–Kier alpha value is -1.69. The van der Waals surface area contributed by atoms with Crippen LogP contribution >= 0.6 is 0 Å². The number of hydrogen-bond acceptors (Lipinski definition) is 4. The standard InChI is InChI=1S/C12H16FN3O2/c1-8-4-5-15(7-10(8)14)12-6-9(13)2-3-11(12)16(17)18/h2-3,6,8,10H,4-5,7,14H2,1H3. The van der Waals surface area contributed by atoms with Crippen LogP contribution in [0.15, 0.2) is 18.2 Å². The minimum Gasteiger partial charge on any atom is -0.364 e. The van der Waals surface area contributed by atoms with Crippen LogP contribution in [0.2, 0.25) is 0 Å². The highest BCUT2D eigenvalue weighted by atomic mass is 19.1. The molecule has 18 heavy (non-hydrogen) atoms. The molecule has 0 radical (unpaired) electrons. The molecular weight excluding hydrogens is 237 g/mol. The van der Waals surface area contributed by atoms with E-state index in [1.54, 1.807) is 4.90 Å². The summed E-state index contributed by atoms with van der Waals surface area (Å²) >= 11 is 0. The van der Waals surface area contributed by atoms with Crippen molar-refractivity contribution in [3.63, 3.8) is 0 Å². The predicted octanol–water partition coefficient (Wildman–Crippen LogP) is 1.91. The molecule has 1 aromatic carbocycles. The number of anilines is 1. The van der Waals surface area contributed by atoms with Gasteiger partial charge >= 0.3 is 0 Å². The number of halogens is 1. The lowest BCUT2D eigenvalue weighted by Crippen LogP contribution is -2.47. The van der Waals surface area contributed by atoms with Gasteiger partial charge in [0.25, 0.3) is 5.69 Å². The highest BCUT2D eigenvalue weighted by Gasteiger charge is 2.27. The maximum Gasteiger partial charge on any atom is 0.292 e. The van der Waals surface area contributed by atoms with Gasteiger partial charge in [0, 0.05) is 31.3 Å². The molecule has 6 heteroatoms. The predicted molar refractivity (Wildman–Crippen MR) is 67.0 cm³/mol. The molecule has 98 valence electrons. The first kappa shape index (κ1) is 12.8. The molecule has 1 fully saturated rings. The fraction of sp³-hybridized carbons (Fsp3) is 0.500. The molecule has 1 aliphatic rings. The molecule has 1 saturated heterocycles. The zero-order valence-corrected chi connectivity index (χ0v) is 10.2. The molecule has 1 aromatic rings. The van der Waals surface area contributed by atoms with Crippen molar-refractivity contribution in [2.45, 2.75) is 19.4 Å². The van der Waals surface area contributed by atoms with E-state index in [2.05, 4.69) is 6.92 Å². The third-order valence-corrected chi connectivity index (χ3v) is 3.49. The minimum absolute atomic E-state index is 0.0402. The van der Waals surface area contributed by atoms with Crippen LogP contribution in [0, 0.1) is 21.8 Å². The van der Waals surface area contributed by atoms with E-state index in [1.807, 2.05) is 0 Å². The molecule has 2 N–H and O–H groups in total. The van der Waals surface area contributed by atoms with Gasteiger partial charge in [-0.2, -0.15) is 0 Å². The number of nitro groups is 1. The van der Waals surface area contributed by atoms with Crippen molar-refractivity contribution in [3.05, 3.63) is 34.1 Å². The molecule has 0 bridgehead atoms. The number of benzene rings is 1. The zero-order valence-electron chi connectivity index (χ0n) is 10.2.